The molecule has 0 aliphatic rings. The maximum atomic E-state index is 13.3. The van der Waals surface area contributed by atoms with Crippen molar-refractivity contribution < 1.29 is 18.7 Å². The molecule has 120 valence electrons. The van der Waals surface area contributed by atoms with Gasteiger partial charge >= 0.3 is 0 Å². The third kappa shape index (κ3) is 4.12. The van der Waals surface area contributed by atoms with Crippen molar-refractivity contribution in [2.24, 2.45) is 0 Å². The number of carbonyl (C=O) groups excluding carboxylic acids is 2. The number of methoxy groups -OCH3 is 1. The number of rotatable bonds is 7. The first-order valence-electron chi connectivity index (χ1n) is 6.71. The Labute approximate surface area is 137 Å². The second-order valence-electron chi connectivity index (χ2n) is 4.69. The zero-order valence-electron chi connectivity index (χ0n) is 12.3. The predicted octanol–water partition coefficient (Wildman–Crippen LogP) is 2.62. The van der Waals surface area contributed by atoms with Crippen molar-refractivity contribution in [3.05, 3.63) is 52.4 Å². The largest absolute Gasteiger partial charge is 0.380 e. The van der Waals surface area contributed by atoms with Gasteiger partial charge in [-0.3, -0.25) is 9.59 Å². The summed E-state index contributed by atoms with van der Waals surface area (Å²) in [5.41, 5.74) is 1.97. The van der Waals surface area contributed by atoms with Crippen LogP contribution in [0.4, 0.5) is 4.39 Å². The summed E-state index contributed by atoms with van der Waals surface area (Å²) in [4.78, 5) is 26.6. The average Bonchev–Trinajstić information content (AvgIpc) is 2.56. The van der Waals surface area contributed by atoms with Gasteiger partial charge in [-0.25, -0.2) is 9.37 Å². The molecule has 0 aliphatic carbocycles. The Balaban J connectivity index is 2.46. The minimum absolute atomic E-state index is 0.0352. The second kappa shape index (κ2) is 7.80. The van der Waals surface area contributed by atoms with Crippen LogP contribution in [0.2, 0.25) is 5.02 Å². The highest BCUT2D eigenvalue weighted by Crippen LogP contribution is 2.27. The number of aromatic nitrogens is 1. The number of carbonyl (C=O) groups is 2. The molecule has 0 spiro atoms. The van der Waals surface area contributed by atoms with E-state index in [0.717, 1.165) is 5.56 Å². The topological polar surface area (TPSA) is 68.3 Å². The molecule has 1 aromatic heterocycles. The number of hydrogen-bond acceptors (Lipinski definition) is 4. The maximum Gasteiger partial charge on any atom is 0.207 e. The Bertz CT molecular complexity index is 737. The van der Waals surface area contributed by atoms with E-state index in [4.69, 9.17) is 16.3 Å². The molecule has 7 heteroatoms. The summed E-state index contributed by atoms with van der Waals surface area (Å²) >= 11 is 5.81. The molecule has 0 fully saturated rings. The first-order chi connectivity index (χ1) is 11.1. The number of pyridine rings is 1. The van der Waals surface area contributed by atoms with Crippen LogP contribution in [0.3, 0.4) is 0 Å². The van der Waals surface area contributed by atoms with Crippen LogP contribution in [0, 0.1) is 5.82 Å². The zero-order chi connectivity index (χ0) is 16.8. The number of amides is 1. The molecular weight excluding hydrogens is 323 g/mol. The van der Waals surface area contributed by atoms with Gasteiger partial charge in [0.15, 0.2) is 5.78 Å². The van der Waals surface area contributed by atoms with Crippen LogP contribution in [-0.2, 0) is 16.1 Å². The number of Topliss-reactive ketones (excluding diaryl/α,β-unsaturated/α-hetero) is 1. The lowest BCUT2D eigenvalue weighted by molar-refractivity contribution is -0.109. The maximum absolute atomic E-state index is 13.3. The van der Waals surface area contributed by atoms with Gasteiger partial charge in [-0.15, -0.1) is 0 Å². The SMILES string of the molecule is COCc1ccc(C(=O)CNC=O)nc1-c1ccc(F)c(Cl)c1. The zero-order valence-corrected chi connectivity index (χ0v) is 13.1. The number of hydrogen-bond donors (Lipinski definition) is 1. The van der Waals surface area contributed by atoms with Crippen molar-refractivity contribution in [1.82, 2.24) is 10.3 Å². The summed E-state index contributed by atoms with van der Waals surface area (Å²) < 4.78 is 18.5. The van der Waals surface area contributed by atoms with E-state index >= 15 is 0 Å². The summed E-state index contributed by atoms with van der Waals surface area (Å²) in [7, 11) is 1.54. The molecule has 0 saturated heterocycles. The number of benzene rings is 1. The molecule has 2 rings (SSSR count). The molecule has 23 heavy (non-hydrogen) atoms. The minimum atomic E-state index is -0.536. The highest BCUT2D eigenvalue weighted by molar-refractivity contribution is 6.31. The number of ether oxygens (including phenoxy) is 1. The molecule has 0 radical (unpaired) electrons. The summed E-state index contributed by atoms with van der Waals surface area (Å²) in [6.45, 7) is 0.127. The molecule has 0 saturated carbocycles. The van der Waals surface area contributed by atoms with E-state index in [0.29, 0.717) is 17.7 Å². The lowest BCUT2D eigenvalue weighted by Gasteiger charge is -2.11. The fraction of sp³-hybridized carbons (Fsp3) is 0.188. The molecule has 1 aromatic carbocycles. The molecule has 2 aromatic rings. The molecular formula is C16H14ClFN2O3. The van der Waals surface area contributed by atoms with Crippen LogP contribution in [0.1, 0.15) is 16.1 Å². The first-order valence-corrected chi connectivity index (χ1v) is 7.09. The van der Waals surface area contributed by atoms with Crippen molar-refractivity contribution in [2.75, 3.05) is 13.7 Å². The molecule has 1 heterocycles. The quantitative estimate of drug-likeness (QED) is 0.623. The molecule has 5 nitrogen and oxygen atoms in total. The van der Waals surface area contributed by atoms with Gasteiger partial charge in [0.25, 0.3) is 0 Å². The van der Waals surface area contributed by atoms with Gasteiger partial charge in [0.05, 0.1) is 23.9 Å². The third-order valence-corrected chi connectivity index (χ3v) is 3.39. The van der Waals surface area contributed by atoms with E-state index in [-0.39, 0.29) is 29.7 Å². The molecule has 0 unspecified atom stereocenters. The van der Waals surface area contributed by atoms with Crippen LogP contribution < -0.4 is 5.32 Å². The lowest BCUT2D eigenvalue weighted by atomic mass is 10.0. The Morgan fingerprint density at radius 2 is 2.17 bits per heavy atom. The van der Waals surface area contributed by atoms with Crippen LogP contribution in [0.25, 0.3) is 11.3 Å². The summed E-state index contributed by atoms with van der Waals surface area (Å²) in [6, 6.07) is 7.46. The fourth-order valence-electron chi connectivity index (χ4n) is 2.03. The monoisotopic (exact) mass is 336 g/mol. The third-order valence-electron chi connectivity index (χ3n) is 3.10. The van der Waals surface area contributed by atoms with Crippen LogP contribution in [0.15, 0.2) is 30.3 Å². The molecule has 0 aliphatic heterocycles. The van der Waals surface area contributed by atoms with Crippen molar-refractivity contribution in [3.8, 4) is 11.3 Å². The smallest absolute Gasteiger partial charge is 0.207 e. The number of nitrogens with zero attached hydrogens (tertiary/aromatic N) is 1. The van der Waals surface area contributed by atoms with Gasteiger partial charge in [-0.05, 0) is 24.3 Å². The van der Waals surface area contributed by atoms with Gasteiger partial charge in [0, 0.05) is 18.2 Å². The Kier molecular flexibility index (Phi) is 5.78. The van der Waals surface area contributed by atoms with Crippen molar-refractivity contribution in [1.29, 1.82) is 0 Å². The van der Waals surface area contributed by atoms with E-state index < -0.39 is 5.82 Å². The Morgan fingerprint density at radius 3 is 2.83 bits per heavy atom. The number of ketones is 1. The molecule has 1 N–H and O–H groups in total. The van der Waals surface area contributed by atoms with Gasteiger partial charge in [0.2, 0.25) is 6.41 Å². The molecule has 1 amide bonds. The van der Waals surface area contributed by atoms with E-state index in [2.05, 4.69) is 10.3 Å². The van der Waals surface area contributed by atoms with Gasteiger partial charge in [0.1, 0.15) is 11.5 Å². The van der Waals surface area contributed by atoms with E-state index in [9.17, 15) is 14.0 Å². The van der Waals surface area contributed by atoms with Gasteiger partial charge in [-0.2, -0.15) is 0 Å². The van der Waals surface area contributed by atoms with Crippen molar-refractivity contribution in [3.63, 3.8) is 0 Å². The van der Waals surface area contributed by atoms with Crippen molar-refractivity contribution in [2.45, 2.75) is 6.61 Å². The predicted molar refractivity (Wildman–Crippen MR) is 83.8 cm³/mol. The van der Waals surface area contributed by atoms with Gasteiger partial charge < -0.3 is 10.1 Å². The summed E-state index contributed by atoms with van der Waals surface area (Å²) in [5, 5.41) is 2.26. The normalized spacial score (nSPS) is 10.4. The highest BCUT2D eigenvalue weighted by atomic mass is 35.5. The fourth-order valence-corrected chi connectivity index (χ4v) is 2.21. The molecule has 0 bridgehead atoms. The Hall–Kier alpha value is -2.31. The number of halogens is 2. The lowest BCUT2D eigenvalue weighted by Crippen LogP contribution is -2.22. The van der Waals surface area contributed by atoms with E-state index in [1.165, 1.54) is 25.3 Å². The molecule has 0 atom stereocenters. The minimum Gasteiger partial charge on any atom is -0.380 e. The van der Waals surface area contributed by atoms with Gasteiger partial charge in [-0.1, -0.05) is 17.7 Å². The van der Waals surface area contributed by atoms with E-state index in [1.54, 1.807) is 12.1 Å². The Morgan fingerprint density at radius 1 is 1.39 bits per heavy atom. The van der Waals surface area contributed by atoms with E-state index in [1.807, 2.05) is 0 Å². The number of nitrogens with one attached hydrogen (secondary N) is 1. The van der Waals surface area contributed by atoms with Crippen LogP contribution in [0.5, 0.6) is 0 Å². The summed E-state index contributed by atoms with van der Waals surface area (Å²) in [5.74, 6) is -0.873. The van der Waals surface area contributed by atoms with Crippen LogP contribution in [-0.4, -0.2) is 30.8 Å². The van der Waals surface area contributed by atoms with Crippen molar-refractivity contribution >= 4 is 23.8 Å². The summed E-state index contributed by atoms with van der Waals surface area (Å²) in [6.07, 6.45) is 0.442. The highest BCUT2D eigenvalue weighted by Gasteiger charge is 2.14. The first kappa shape index (κ1) is 17.1. The second-order valence-corrected chi connectivity index (χ2v) is 5.10. The van der Waals surface area contributed by atoms with Crippen LogP contribution >= 0.6 is 11.6 Å². The average molecular weight is 337 g/mol. The standard InChI is InChI=1S/C16H14ClFN2O3/c1-23-8-11-3-5-14(15(22)7-19-9-21)20-16(11)10-2-4-13(18)12(17)6-10/h2-6,9H,7-8H2,1H3,(H,19,21).